The molecule has 0 spiro atoms. The van der Waals surface area contributed by atoms with E-state index in [2.05, 4.69) is 6.92 Å². The third kappa shape index (κ3) is 12.3. The van der Waals surface area contributed by atoms with Crippen LogP contribution in [0.25, 0.3) is 0 Å². The minimum absolute atomic E-state index is 0.00560. The predicted octanol–water partition coefficient (Wildman–Crippen LogP) is 0.674. The van der Waals surface area contributed by atoms with E-state index < -0.39 is 18.0 Å². The summed E-state index contributed by atoms with van der Waals surface area (Å²) in [5.41, 5.74) is 0. The quantitative estimate of drug-likeness (QED) is 0.300. The van der Waals surface area contributed by atoms with Gasteiger partial charge in [-0.05, 0) is 6.42 Å². The summed E-state index contributed by atoms with van der Waals surface area (Å²) in [6.45, 7) is 2.44. The van der Waals surface area contributed by atoms with Crippen LogP contribution in [0.4, 0.5) is 0 Å². The Kier molecular flexibility index (Phi) is 9.65. The second-order valence-electron chi connectivity index (χ2n) is 6.66. The van der Waals surface area contributed by atoms with Gasteiger partial charge < -0.3 is 19.1 Å². The first-order chi connectivity index (χ1) is 10.1. The third-order valence-corrected chi connectivity index (χ3v) is 3.11. The summed E-state index contributed by atoms with van der Waals surface area (Å²) in [6.07, 6.45) is 2.50. The standard InChI is InChI=1S/C16H29NO5/c1-5-6-7-8-13(18)9-10-16(21)22-14(11-15(19)20)12-17(2,3)4/h14H,5-12H2,1-4H3. The van der Waals surface area contributed by atoms with Gasteiger partial charge in [0.05, 0.1) is 27.6 Å². The lowest BCUT2D eigenvalue weighted by atomic mass is 10.1. The second-order valence-corrected chi connectivity index (χ2v) is 6.66. The lowest BCUT2D eigenvalue weighted by Gasteiger charge is -2.29. The van der Waals surface area contributed by atoms with Crippen molar-refractivity contribution in [3.63, 3.8) is 0 Å². The van der Waals surface area contributed by atoms with E-state index in [1.165, 1.54) is 0 Å². The third-order valence-electron chi connectivity index (χ3n) is 3.11. The molecule has 0 aromatic carbocycles. The SMILES string of the molecule is CCCCCC(=O)CCC(=O)OC(CC(=O)[O-])C[N+](C)(C)C. The van der Waals surface area contributed by atoms with Gasteiger partial charge in [-0.3, -0.25) is 9.59 Å². The van der Waals surface area contributed by atoms with Crippen LogP contribution in [0.5, 0.6) is 0 Å². The van der Waals surface area contributed by atoms with Crippen LogP contribution in [0, 0.1) is 0 Å². The van der Waals surface area contributed by atoms with E-state index in [1.54, 1.807) is 0 Å². The molecule has 0 heterocycles. The first-order valence-electron chi connectivity index (χ1n) is 7.85. The Hall–Kier alpha value is -1.43. The van der Waals surface area contributed by atoms with Crippen LogP contribution < -0.4 is 5.11 Å². The number of quaternary nitrogens is 1. The van der Waals surface area contributed by atoms with Crippen LogP contribution in [-0.4, -0.2) is 56.0 Å². The van der Waals surface area contributed by atoms with Crippen molar-refractivity contribution in [3.8, 4) is 0 Å². The number of likely N-dealkylation sites (N-methyl/N-ethyl adjacent to an activating group) is 1. The number of unbranched alkanes of at least 4 members (excludes halogenated alkanes) is 2. The van der Waals surface area contributed by atoms with Crippen molar-refractivity contribution in [2.24, 2.45) is 0 Å². The fourth-order valence-corrected chi connectivity index (χ4v) is 2.12. The number of carbonyl (C=O) groups excluding carboxylic acids is 3. The highest BCUT2D eigenvalue weighted by Gasteiger charge is 2.22. The molecule has 0 saturated carbocycles. The highest BCUT2D eigenvalue weighted by atomic mass is 16.5. The average molecular weight is 315 g/mol. The molecule has 1 unspecified atom stereocenters. The van der Waals surface area contributed by atoms with Gasteiger partial charge in [0.2, 0.25) is 0 Å². The van der Waals surface area contributed by atoms with Crippen molar-refractivity contribution >= 4 is 17.7 Å². The molecule has 0 aliphatic carbocycles. The summed E-state index contributed by atoms with van der Waals surface area (Å²) in [5, 5.41) is 10.7. The maximum Gasteiger partial charge on any atom is 0.306 e. The van der Waals surface area contributed by atoms with E-state index >= 15 is 0 Å². The van der Waals surface area contributed by atoms with E-state index in [9.17, 15) is 19.5 Å². The first-order valence-corrected chi connectivity index (χ1v) is 7.85. The van der Waals surface area contributed by atoms with Gasteiger partial charge in [-0.2, -0.15) is 0 Å². The van der Waals surface area contributed by atoms with Crippen LogP contribution >= 0.6 is 0 Å². The molecule has 1 atom stereocenters. The van der Waals surface area contributed by atoms with Gasteiger partial charge in [0.25, 0.3) is 0 Å². The van der Waals surface area contributed by atoms with Gasteiger partial charge in [-0.1, -0.05) is 19.8 Å². The number of aliphatic carboxylic acids is 1. The maximum absolute atomic E-state index is 11.8. The number of ether oxygens (including phenoxy) is 1. The van der Waals surface area contributed by atoms with Crippen molar-refractivity contribution < 1.29 is 28.7 Å². The number of ketones is 1. The smallest absolute Gasteiger partial charge is 0.306 e. The van der Waals surface area contributed by atoms with Crippen LogP contribution in [0.2, 0.25) is 0 Å². The zero-order valence-corrected chi connectivity index (χ0v) is 14.2. The largest absolute Gasteiger partial charge is 0.550 e. The number of rotatable bonds is 12. The zero-order chi connectivity index (χ0) is 17.2. The van der Waals surface area contributed by atoms with E-state index in [1.807, 2.05) is 21.1 Å². The van der Waals surface area contributed by atoms with Crippen molar-refractivity contribution in [2.75, 3.05) is 27.7 Å². The zero-order valence-electron chi connectivity index (χ0n) is 14.2. The van der Waals surface area contributed by atoms with Crippen LogP contribution in [0.1, 0.15) is 51.9 Å². The molecule has 128 valence electrons. The van der Waals surface area contributed by atoms with Gasteiger partial charge in [-0.15, -0.1) is 0 Å². The topological polar surface area (TPSA) is 83.5 Å². The van der Waals surface area contributed by atoms with E-state index in [-0.39, 0.29) is 25.0 Å². The molecule has 22 heavy (non-hydrogen) atoms. The Morgan fingerprint density at radius 3 is 2.18 bits per heavy atom. The number of nitrogens with zero attached hydrogens (tertiary/aromatic N) is 1. The lowest BCUT2D eigenvalue weighted by Crippen LogP contribution is -2.45. The van der Waals surface area contributed by atoms with Crippen molar-refractivity contribution in [3.05, 3.63) is 0 Å². The highest BCUT2D eigenvalue weighted by molar-refractivity contribution is 5.83. The van der Waals surface area contributed by atoms with E-state index in [0.29, 0.717) is 17.4 Å². The Balaban J connectivity index is 4.21. The molecule has 0 saturated heterocycles. The summed E-state index contributed by atoms with van der Waals surface area (Å²) in [4.78, 5) is 34.1. The Labute approximate surface area is 133 Å². The van der Waals surface area contributed by atoms with Crippen LogP contribution in [-0.2, 0) is 19.1 Å². The van der Waals surface area contributed by atoms with Crippen LogP contribution in [0.3, 0.4) is 0 Å². The molecule has 0 aromatic rings. The number of hydrogen-bond donors (Lipinski definition) is 0. The van der Waals surface area contributed by atoms with E-state index in [4.69, 9.17) is 4.74 Å². The molecular formula is C16H29NO5. The molecule has 6 nitrogen and oxygen atoms in total. The molecule has 6 heteroatoms. The molecule has 0 N–H and O–H groups in total. The fraction of sp³-hybridized carbons (Fsp3) is 0.812. The van der Waals surface area contributed by atoms with Crippen LogP contribution in [0.15, 0.2) is 0 Å². The average Bonchev–Trinajstić information content (AvgIpc) is 2.33. The molecule has 0 aliphatic rings. The number of esters is 1. The molecule has 0 radical (unpaired) electrons. The monoisotopic (exact) mass is 315 g/mol. The Bertz CT molecular complexity index is 373. The first kappa shape index (κ1) is 20.6. The summed E-state index contributed by atoms with van der Waals surface area (Å²) >= 11 is 0. The van der Waals surface area contributed by atoms with Crippen molar-refractivity contribution in [1.29, 1.82) is 0 Å². The Morgan fingerprint density at radius 2 is 1.68 bits per heavy atom. The van der Waals surface area contributed by atoms with Gasteiger partial charge >= 0.3 is 5.97 Å². The van der Waals surface area contributed by atoms with Gasteiger partial charge in [0, 0.05) is 25.2 Å². The number of carboxylic acids is 1. The molecule has 0 aromatic heterocycles. The molecule has 0 rings (SSSR count). The summed E-state index contributed by atoms with van der Waals surface area (Å²) in [7, 11) is 5.65. The summed E-state index contributed by atoms with van der Waals surface area (Å²) in [5.74, 6) is -1.72. The van der Waals surface area contributed by atoms with Gasteiger partial charge in [0.15, 0.2) is 6.10 Å². The summed E-state index contributed by atoms with van der Waals surface area (Å²) < 4.78 is 5.66. The fourth-order valence-electron chi connectivity index (χ4n) is 2.12. The van der Waals surface area contributed by atoms with Gasteiger partial charge in [0.1, 0.15) is 12.3 Å². The number of hydrogen-bond acceptors (Lipinski definition) is 5. The van der Waals surface area contributed by atoms with E-state index in [0.717, 1.165) is 19.3 Å². The summed E-state index contributed by atoms with van der Waals surface area (Å²) in [6, 6.07) is 0. The molecular weight excluding hydrogens is 286 g/mol. The lowest BCUT2D eigenvalue weighted by molar-refractivity contribution is -0.873. The van der Waals surface area contributed by atoms with Crippen molar-refractivity contribution in [1.82, 2.24) is 0 Å². The minimum atomic E-state index is -1.25. The Morgan fingerprint density at radius 1 is 1.05 bits per heavy atom. The number of Topliss-reactive ketones (excluding diaryl/α,β-unsaturated/α-hetero) is 1. The molecule has 0 fully saturated rings. The molecule has 0 aliphatic heterocycles. The second kappa shape index (κ2) is 10.3. The normalized spacial score (nSPS) is 12.7. The van der Waals surface area contributed by atoms with Crippen molar-refractivity contribution in [2.45, 2.75) is 58.0 Å². The number of carboxylic acid groups (broad SMARTS) is 1. The van der Waals surface area contributed by atoms with Gasteiger partial charge in [-0.25, -0.2) is 0 Å². The minimum Gasteiger partial charge on any atom is -0.550 e. The highest BCUT2D eigenvalue weighted by Crippen LogP contribution is 2.08. The molecule has 0 amide bonds. The maximum atomic E-state index is 11.8. The number of carbonyl (C=O) groups is 3. The predicted molar refractivity (Wildman–Crippen MR) is 80.8 cm³/mol. The molecule has 0 bridgehead atoms.